The lowest BCUT2D eigenvalue weighted by molar-refractivity contribution is -0.274. The number of imidazole rings is 1. The van der Waals surface area contributed by atoms with Gasteiger partial charge < -0.3 is 10.1 Å². The van der Waals surface area contributed by atoms with Crippen LogP contribution in [-0.2, 0) is 0 Å². The average molecular weight is 348 g/mol. The van der Waals surface area contributed by atoms with Gasteiger partial charge in [-0.3, -0.25) is 9.36 Å². The summed E-state index contributed by atoms with van der Waals surface area (Å²) in [6, 6.07) is 9.73. The van der Waals surface area contributed by atoms with E-state index in [2.05, 4.69) is 20.0 Å². The fourth-order valence-corrected chi connectivity index (χ4v) is 2.02. The van der Waals surface area contributed by atoms with E-state index in [1.54, 1.807) is 35.4 Å². The molecule has 128 valence electrons. The average Bonchev–Trinajstić information content (AvgIpc) is 3.10. The van der Waals surface area contributed by atoms with Crippen LogP contribution >= 0.6 is 0 Å². The van der Waals surface area contributed by atoms with Crippen LogP contribution in [0.1, 0.15) is 10.5 Å². The summed E-state index contributed by atoms with van der Waals surface area (Å²) >= 11 is 0. The van der Waals surface area contributed by atoms with Crippen LogP contribution in [0.2, 0.25) is 0 Å². The van der Waals surface area contributed by atoms with E-state index >= 15 is 0 Å². The summed E-state index contributed by atoms with van der Waals surface area (Å²) in [7, 11) is 0. The summed E-state index contributed by atoms with van der Waals surface area (Å²) in [6.45, 7) is 0. The molecule has 25 heavy (non-hydrogen) atoms. The molecule has 6 nitrogen and oxygen atoms in total. The van der Waals surface area contributed by atoms with E-state index in [0.717, 1.165) is 12.1 Å². The van der Waals surface area contributed by atoms with Crippen LogP contribution in [-0.4, -0.2) is 26.8 Å². The van der Waals surface area contributed by atoms with Gasteiger partial charge in [0.1, 0.15) is 23.6 Å². The zero-order valence-electron chi connectivity index (χ0n) is 12.6. The number of benzene rings is 1. The second-order valence-electron chi connectivity index (χ2n) is 4.88. The Bertz CT molecular complexity index is 862. The quantitative estimate of drug-likeness (QED) is 0.784. The standard InChI is InChI=1S/C16H11F3N4O2/c17-16(18,19)25-12-6-4-11(5-7-12)21-15(24)13-2-1-3-14(22-13)23-9-8-20-10-23/h1-10H,(H,21,24). The molecule has 2 aromatic heterocycles. The third-order valence-electron chi connectivity index (χ3n) is 3.08. The molecule has 0 unspecified atom stereocenters. The van der Waals surface area contributed by atoms with Crippen molar-refractivity contribution in [3.05, 3.63) is 66.9 Å². The van der Waals surface area contributed by atoms with Gasteiger partial charge in [-0.2, -0.15) is 0 Å². The van der Waals surface area contributed by atoms with Crippen LogP contribution in [0.25, 0.3) is 5.82 Å². The normalized spacial score (nSPS) is 11.2. The highest BCUT2D eigenvalue weighted by Gasteiger charge is 2.30. The highest BCUT2D eigenvalue weighted by Crippen LogP contribution is 2.24. The van der Waals surface area contributed by atoms with Gasteiger partial charge in [-0.25, -0.2) is 9.97 Å². The number of amides is 1. The van der Waals surface area contributed by atoms with Crippen molar-refractivity contribution in [2.75, 3.05) is 5.32 Å². The first-order valence-corrected chi connectivity index (χ1v) is 7.03. The summed E-state index contributed by atoms with van der Waals surface area (Å²) in [4.78, 5) is 20.4. The van der Waals surface area contributed by atoms with E-state index < -0.39 is 12.3 Å². The second-order valence-corrected chi connectivity index (χ2v) is 4.88. The SMILES string of the molecule is O=C(Nc1ccc(OC(F)(F)F)cc1)c1cccc(-n2ccnc2)n1. The van der Waals surface area contributed by atoms with E-state index in [1.165, 1.54) is 18.2 Å². The molecule has 3 rings (SSSR count). The van der Waals surface area contributed by atoms with E-state index in [-0.39, 0.29) is 11.4 Å². The Labute approximate surface area is 139 Å². The Morgan fingerprint density at radius 3 is 2.52 bits per heavy atom. The molecule has 0 atom stereocenters. The van der Waals surface area contributed by atoms with Gasteiger partial charge in [0.25, 0.3) is 5.91 Å². The topological polar surface area (TPSA) is 69.0 Å². The number of anilines is 1. The van der Waals surface area contributed by atoms with Crippen LogP contribution in [0.3, 0.4) is 0 Å². The molecular weight excluding hydrogens is 337 g/mol. The van der Waals surface area contributed by atoms with Crippen molar-refractivity contribution in [2.24, 2.45) is 0 Å². The van der Waals surface area contributed by atoms with Crippen molar-refractivity contribution >= 4 is 11.6 Å². The van der Waals surface area contributed by atoms with E-state index in [4.69, 9.17) is 0 Å². The molecule has 0 fully saturated rings. The van der Waals surface area contributed by atoms with Crippen molar-refractivity contribution in [1.82, 2.24) is 14.5 Å². The maximum Gasteiger partial charge on any atom is 0.573 e. The monoisotopic (exact) mass is 348 g/mol. The molecule has 0 saturated carbocycles. The zero-order chi connectivity index (χ0) is 17.9. The summed E-state index contributed by atoms with van der Waals surface area (Å²) < 4.78 is 41.8. The molecule has 1 aromatic carbocycles. The number of hydrogen-bond donors (Lipinski definition) is 1. The van der Waals surface area contributed by atoms with Crippen LogP contribution in [0, 0.1) is 0 Å². The number of hydrogen-bond acceptors (Lipinski definition) is 4. The number of nitrogens with one attached hydrogen (secondary N) is 1. The Hall–Kier alpha value is -3.36. The predicted octanol–water partition coefficient (Wildman–Crippen LogP) is 3.42. The summed E-state index contributed by atoms with van der Waals surface area (Å²) in [5.74, 6) is -0.351. The van der Waals surface area contributed by atoms with Crippen LogP contribution < -0.4 is 10.1 Å². The maximum atomic E-state index is 12.2. The summed E-state index contributed by atoms with van der Waals surface area (Å²) in [5, 5.41) is 2.56. The molecule has 0 bridgehead atoms. The van der Waals surface area contributed by atoms with Crippen LogP contribution in [0.5, 0.6) is 5.75 Å². The third kappa shape index (κ3) is 4.34. The Balaban J connectivity index is 1.71. The molecule has 1 amide bonds. The number of ether oxygens (including phenoxy) is 1. The number of rotatable bonds is 4. The molecule has 1 N–H and O–H groups in total. The fraction of sp³-hybridized carbons (Fsp3) is 0.0625. The fourth-order valence-electron chi connectivity index (χ4n) is 2.02. The van der Waals surface area contributed by atoms with Crippen LogP contribution in [0.4, 0.5) is 18.9 Å². The van der Waals surface area contributed by atoms with Crippen molar-refractivity contribution in [2.45, 2.75) is 6.36 Å². The van der Waals surface area contributed by atoms with Gasteiger partial charge in [0.2, 0.25) is 0 Å². The van der Waals surface area contributed by atoms with E-state index in [0.29, 0.717) is 11.5 Å². The van der Waals surface area contributed by atoms with Crippen molar-refractivity contribution in [1.29, 1.82) is 0 Å². The lowest BCUT2D eigenvalue weighted by atomic mass is 10.2. The minimum absolute atomic E-state index is 0.154. The lowest BCUT2D eigenvalue weighted by Crippen LogP contribution is -2.17. The lowest BCUT2D eigenvalue weighted by Gasteiger charge is -2.10. The molecule has 0 aliphatic heterocycles. The second kappa shape index (κ2) is 6.63. The molecule has 0 spiro atoms. The first-order valence-electron chi connectivity index (χ1n) is 7.03. The number of pyridine rings is 1. The molecule has 9 heteroatoms. The third-order valence-corrected chi connectivity index (χ3v) is 3.08. The first-order chi connectivity index (χ1) is 11.9. The van der Waals surface area contributed by atoms with Crippen molar-refractivity contribution in [3.63, 3.8) is 0 Å². The van der Waals surface area contributed by atoms with Gasteiger partial charge in [-0.05, 0) is 36.4 Å². The number of carbonyl (C=O) groups excluding carboxylic acids is 1. The minimum Gasteiger partial charge on any atom is -0.406 e. The largest absolute Gasteiger partial charge is 0.573 e. The highest BCUT2D eigenvalue weighted by molar-refractivity contribution is 6.02. The Morgan fingerprint density at radius 1 is 1.12 bits per heavy atom. The van der Waals surface area contributed by atoms with Gasteiger partial charge in [0.15, 0.2) is 0 Å². The maximum absolute atomic E-state index is 12.2. The predicted molar refractivity (Wildman–Crippen MR) is 82.4 cm³/mol. The molecule has 0 saturated heterocycles. The number of carbonyl (C=O) groups is 1. The van der Waals surface area contributed by atoms with Crippen molar-refractivity contribution in [3.8, 4) is 11.6 Å². The smallest absolute Gasteiger partial charge is 0.406 e. The zero-order valence-corrected chi connectivity index (χ0v) is 12.6. The number of nitrogens with zero attached hydrogens (tertiary/aromatic N) is 3. The Morgan fingerprint density at radius 2 is 1.88 bits per heavy atom. The molecule has 3 aromatic rings. The summed E-state index contributed by atoms with van der Waals surface area (Å²) in [5.41, 5.74) is 0.469. The van der Waals surface area contributed by atoms with Gasteiger partial charge in [-0.15, -0.1) is 13.2 Å². The van der Waals surface area contributed by atoms with E-state index in [1.807, 2.05) is 0 Å². The van der Waals surface area contributed by atoms with Gasteiger partial charge in [-0.1, -0.05) is 6.07 Å². The molecular formula is C16H11F3N4O2. The van der Waals surface area contributed by atoms with Gasteiger partial charge >= 0.3 is 6.36 Å². The molecule has 0 aliphatic rings. The summed E-state index contributed by atoms with van der Waals surface area (Å²) in [6.07, 6.45) is 0.0498. The molecule has 0 aliphatic carbocycles. The first kappa shape index (κ1) is 16.5. The van der Waals surface area contributed by atoms with Crippen LogP contribution in [0.15, 0.2) is 61.2 Å². The van der Waals surface area contributed by atoms with Gasteiger partial charge in [0, 0.05) is 18.1 Å². The number of alkyl halides is 3. The van der Waals surface area contributed by atoms with E-state index in [9.17, 15) is 18.0 Å². The molecule has 0 radical (unpaired) electrons. The number of aromatic nitrogens is 3. The van der Waals surface area contributed by atoms with Crippen molar-refractivity contribution < 1.29 is 22.7 Å². The molecule has 2 heterocycles. The minimum atomic E-state index is -4.76. The highest BCUT2D eigenvalue weighted by atomic mass is 19.4. The van der Waals surface area contributed by atoms with Gasteiger partial charge in [0.05, 0.1) is 0 Å². The number of halogens is 3. The Kier molecular flexibility index (Phi) is 4.38.